The van der Waals surface area contributed by atoms with Crippen LogP contribution in [0.1, 0.15) is 21.5 Å². The third kappa shape index (κ3) is 2.17. The van der Waals surface area contributed by atoms with E-state index in [1.807, 2.05) is 37.3 Å². The number of fused-ring (bicyclic) bond motifs is 1. The number of benzene rings is 2. The number of ketones is 1. The van der Waals surface area contributed by atoms with Crippen LogP contribution in [0.5, 0.6) is 0 Å². The second-order valence-electron chi connectivity index (χ2n) is 4.66. The van der Waals surface area contributed by atoms with Gasteiger partial charge >= 0.3 is 0 Å². The SMILES string of the molecule is Cc1cccc(C(=O)c2c[nH]c3cc(Br)ccc23)c1Cl. The zero-order valence-electron chi connectivity index (χ0n) is 10.7. The highest BCUT2D eigenvalue weighted by atomic mass is 79.9. The number of aromatic nitrogens is 1. The van der Waals surface area contributed by atoms with Crippen molar-refractivity contribution < 1.29 is 4.79 Å². The molecule has 0 aliphatic heterocycles. The summed E-state index contributed by atoms with van der Waals surface area (Å²) in [4.78, 5) is 15.8. The van der Waals surface area contributed by atoms with Gasteiger partial charge in [0, 0.05) is 32.7 Å². The van der Waals surface area contributed by atoms with Gasteiger partial charge in [-0.05, 0) is 30.7 Å². The van der Waals surface area contributed by atoms with Gasteiger partial charge in [0.15, 0.2) is 5.78 Å². The van der Waals surface area contributed by atoms with Crippen molar-refractivity contribution >= 4 is 44.2 Å². The standard InChI is InChI=1S/C16H11BrClNO/c1-9-3-2-4-12(15(9)18)16(20)13-8-19-14-7-10(17)5-6-11(13)14/h2-8,19H,1H3. The van der Waals surface area contributed by atoms with Gasteiger partial charge in [0.05, 0.1) is 5.02 Å². The van der Waals surface area contributed by atoms with Gasteiger partial charge in [-0.15, -0.1) is 0 Å². The molecule has 0 spiro atoms. The van der Waals surface area contributed by atoms with E-state index in [1.54, 1.807) is 12.3 Å². The fraction of sp³-hybridized carbons (Fsp3) is 0.0625. The summed E-state index contributed by atoms with van der Waals surface area (Å²) in [6.07, 6.45) is 1.73. The van der Waals surface area contributed by atoms with Crippen molar-refractivity contribution in [3.05, 3.63) is 68.8 Å². The van der Waals surface area contributed by atoms with E-state index in [1.165, 1.54) is 0 Å². The summed E-state index contributed by atoms with van der Waals surface area (Å²) < 4.78 is 0.972. The lowest BCUT2D eigenvalue weighted by Crippen LogP contribution is -2.02. The molecule has 1 aromatic heterocycles. The number of rotatable bonds is 2. The second kappa shape index (κ2) is 5.08. The summed E-state index contributed by atoms with van der Waals surface area (Å²) in [7, 11) is 0. The Morgan fingerprint density at radius 3 is 2.80 bits per heavy atom. The molecule has 0 saturated heterocycles. The predicted octanol–water partition coefficient (Wildman–Crippen LogP) is 5.12. The summed E-state index contributed by atoms with van der Waals surface area (Å²) in [5, 5.41) is 1.42. The summed E-state index contributed by atoms with van der Waals surface area (Å²) in [5.74, 6) is -0.0627. The topological polar surface area (TPSA) is 32.9 Å². The number of halogens is 2. The van der Waals surface area contributed by atoms with Crippen LogP contribution in [-0.4, -0.2) is 10.8 Å². The maximum atomic E-state index is 12.7. The Hall–Kier alpha value is -1.58. The molecule has 0 atom stereocenters. The lowest BCUT2D eigenvalue weighted by atomic mass is 10.0. The fourth-order valence-electron chi connectivity index (χ4n) is 2.25. The molecule has 3 aromatic rings. The van der Waals surface area contributed by atoms with Crippen molar-refractivity contribution in [3.63, 3.8) is 0 Å². The third-order valence-corrected chi connectivity index (χ3v) is 4.32. The Bertz CT molecular complexity index is 822. The van der Waals surface area contributed by atoms with Crippen LogP contribution in [-0.2, 0) is 0 Å². The van der Waals surface area contributed by atoms with E-state index in [0.717, 1.165) is 20.9 Å². The lowest BCUT2D eigenvalue weighted by Gasteiger charge is -2.05. The lowest BCUT2D eigenvalue weighted by molar-refractivity contribution is 0.104. The monoisotopic (exact) mass is 347 g/mol. The highest BCUT2D eigenvalue weighted by Crippen LogP contribution is 2.28. The van der Waals surface area contributed by atoms with E-state index in [-0.39, 0.29) is 5.78 Å². The minimum atomic E-state index is -0.0627. The van der Waals surface area contributed by atoms with Crippen LogP contribution in [0.2, 0.25) is 5.02 Å². The molecule has 0 fully saturated rings. The minimum absolute atomic E-state index is 0.0627. The van der Waals surface area contributed by atoms with Crippen LogP contribution < -0.4 is 0 Å². The van der Waals surface area contributed by atoms with Crippen molar-refractivity contribution in [2.24, 2.45) is 0 Å². The van der Waals surface area contributed by atoms with Gasteiger partial charge in [0.2, 0.25) is 0 Å². The Morgan fingerprint density at radius 2 is 2.00 bits per heavy atom. The van der Waals surface area contributed by atoms with Gasteiger partial charge in [0.1, 0.15) is 0 Å². The maximum absolute atomic E-state index is 12.7. The summed E-state index contributed by atoms with van der Waals surface area (Å²) in [5.41, 5.74) is 3.00. The van der Waals surface area contributed by atoms with Crippen LogP contribution >= 0.6 is 27.5 Å². The van der Waals surface area contributed by atoms with Crippen molar-refractivity contribution in [2.75, 3.05) is 0 Å². The number of H-pyrrole nitrogens is 1. The first-order valence-corrected chi connectivity index (χ1v) is 7.31. The molecule has 1 N–H and O–H groups in total. The average Bonchev–Trinajstić information content (AvgIpc) is 2.84. The first kappa shape index (κ1) is 13.4. The molecule has 100 valence electrons. The molecule has 0 aliphatic rings. The quantitative estimate of drug-likeness (QED) is 0.640. The first-order chi connectivity index (χ1) is 9.58. The predicted molar refractivity (Wildman–Crippen MR) is 85.6 cm³/mol. The number of carbonyl (C=O) groups is 1. The Morgan fingerprint density at radius 1 is 1.20 bits per heavy atom. The van der Waals surface area contributed by atoms with Crippen LogP contribution in [0.4, 0.5) is 0 Å². The van der Waals surface area contributed by atoms with Crippen molar-refractivity contribution in [1.29, 1.82) is 0 Å². The molecule has 0 unspecified atom stereocenters. The number of hydrogen-bond acceptors (Lipinski definition) is 1. The first-order valence-electron chi connectivity index (χ1n) is 6.14. The molecule has 0 saturated carbocycles. The number of aromatic amines is 1. The Balaban J connectivity index is 2.16. The molecule has 0 radical (unpaired) electrons. The van der Waals surface area contributed by atoms with Crippen LogP contribution in [0.15, 0.2) is 47.1 Å². The van der Waals surface area contributed by atoms with E-state index in [9.17, 15) is 4.79 Å². The van der Waals surface area contributed by atoms with E-state index < -0.39 is 0 Å². The van der Waals surface area contributed by atoms with Gasteiger partial charge in [-0.3, -0.25) is 4.79 Å². The van der Waals surface area contributed by atoms with Gasteiger partial charge in [0.25, 0.3) is 0 Å². The van der Waals surface area contributed by atoms with Crippen LogP contribution in [0.3, 0.4) is 0 Å². The molecule has 1 heterocycles. The summed E-state index contributed by atoms with van der Waals surface area (Å²) in [6.45, 7) is 1.89. The normalized spacial score (nSPS) is 10.9. The minimum Gasteiger partial charge on any atom is -0.360 e. The van der Waals surface area contributed by atoms with Gasteiger partial charge < -0.3 is 4.98 Å². The molecule has 0 bridgehead atoms. The fourth-order valence-corrected chi connectivity index (χ4v) is 2.83. The van der Waals surface area contributed by atoms with E-state index in [4.69, 9.17) is 11.6 Å². The molecule has 2 nitrogen and oxygen atoms in total. The molecule has 20 heavy (non-hydrogen) atoms. The Labute approximate surface area is 129 Å². The van der Waals surface area contributed by atoms with E-state index >= 15 is 0 Å². The number of carbonyl (C=O) groups excluding carboxylic acids is 1. The van der Waals surface area contributed by atoms with E-state index in [0.29, 0.717) is 16.1 Å². The zero-order valence-corrected chi connectivity index (χ0v) is 13.0. The highest BCUT2D eigenvalue weighted by molar-refractivity contribution is 9.10. The molecule has 0 aliphatic carbocycles. The van der Waals surface area contributed by atoms with E-state index in [2.05, 4.69) is 20.9 Å². The van der Waals surface area contributed by atoms with Gasteiger partial charge in [-0.25, -0.2) is 0 Å². The van der Waals surface area contributed by atoms with Crippen molar-refractivity contribution in [3.8, 4) is 0 Å². The van der Waals surface area contributed by atoms with Crippen LogP contribution in [0.25, 0.3) is 10.9 Å². The summed E-state index contributed by atoms with van der Waals surface area (Å²) in [6, 6.07) is 11.3. The van der Waals surface area contributed by atoms with Crippen molar-refractivity contribution in [1.82, 2.24) is 4.98 Å². The van der Waals surface area contributed by atoms with Crippen LogP contribution in [0, 0.1) is 6.92 Å². The molecule has 2 aromatic carbocycles. The second-order valence-corrected chi connectivity index (χ2v) is 5.95. The number of nitrogens with one attached hydrogen (secondary N) is 1. The smallest absolute Gasteiger partial charge is 0.196 e. The molecule has 3 rings (SSSR count). The molecule has 0 amide bonds. The van der Waals surface area contributed by atoms with Gasteiger partial charge in [-0.2, -0.15) is 0 Å². The highest BCUT2D eigenvalue weighted by Gasteiger charge is 2.17. The molecular formula is C16H11BrClNO. The summed E-state index contributed by atoms with van der Waals surface area (Å²) >= 11 is 9.66. The van der Waals surface area contributed by atoms with Crippen molar-refractivity contribution in [2.45, 2.75) is 6.92 Å². The largest absolute Gasteiger partial charge is 0.360 e. The zero-order chi connectivity index (χ0) is 14.3. The molecule has 4 heteroatoms. The number of aryl methyl sites for hydroxylation is 1. The number of hydrogen-bond donors (Lipinski definition) is 1. The van der Waals surface area contributed by atoms with Gasteiger partial charge in [-0.1, -0.05) is 45.7 Å². The maximum Gasteiger partial charge on any atom is 0.196 e. The molecular weight excluding hydrogens is 338 g/mol. The average molecular weight is 349 g/mol. The Kier molecular flexibility index (Phi) is 3.40. The third-order valence-electron chi connectivity index (χ3n) is 3.32.